The van der Waals surface area contributed by atoms with Crippen LogP contribution in [0.5, 0.6) is 11.5 Å². The fourth-order valence-corrected chi connectivity index (χ4v) is 3.17. The zero-order valence-electron chi connectivity index (χ0n) is 13.3. The Balaban J connectivity index is 1.97. The van der Waals surface area contributed by atoms with Gasteiger partial charge in [0.15, 0.2) is 0 Å². The maximum atomic E-state index is 12.8. The van der Waals surface area contributed by atoms with Gasteiger partial charge in [-0.3, -0.25) is 4.79 Å². The van der Waals surface area contributed by atoms with Crippen molar-refractivity contribution in [1.29, 1.82) is 0 Å². The second kappa shape index (κ2) is 8.06. The van der Waals surface area contributed by atoms with Crippen LogP contribution in [0.15, 0.2) is 56.3 Å². The second-order valence-corrected chi connectivity index (χ2v) is 7.25. The van der Waals surface area contributed by atoms with Gasteiger partial charge in [0.2, 0.25) is 5.43 Å². The largest absolute Gasteiger partial charge is 0.507 e. The average molecular weight is 468 g/mol. The third-order valence-corrected chi connectivity index (χ3v) is 4.87. The summed E-state index contributed by atoms with van der Waals surface area (Å²) in [5, 5.41) is 11.4. The quantitative estimate of drug-likeness (QED) is 0.385. The maximum Gasteiger partial charge on any atom is 0.204 e. The summed E-state index contributed by atoms with van der Waals surface area (Å²) in [4.78, 5) is 12.8. The zero-order chi connectivity index (χ0) is 17.8. The first-order chi connectivity index (χ1) is 12.1. The highest BCUT2D eigenvalue weighted by Crippen LogP contribution is 2.30. The molecular formula is C19H16Br2O4. The number of alkyl halides is 1. The molecule has 3 aromatic rings. The van der Waals surface area contributed by atoms with Crippen molar-refractivity contribution in [3.05, 3.63) is 57.4 Å². The monoisotopic (exact) mass is 466 g/mol. The lowest BCUT2D eigenvalue weighted by molar-refractivity contribution is 0.308. The number of hydrogen-bond donors (Lipinski definition) is 1. The number of benzene rings is 2. The number of phenolic OH excluding ortho intramolecular Hbond substituents is 1. The SMILES string of the molecule is O=c1c(-c2ccc(Br)cc2)coc2cc(OCCCCBr)cc(O)c12. The van der Waals surface area contributed by atoms with Gasteiger partial charge in [0, 0.05) is 21.9 Å². The molecule has 0 spiro atoms. The third kappa shape index (κ3) is 4.07. The van der Waals surface area contributed by atoms with Gasteiger partial charge >= 0.3 is 0 Å². The van der Waals surface area contributed by atoms with Crippen molar-refractivity contribution in [3.63, 3.8) is 0 Å². The van der Waals surface area contributed by atoms with Crippen LogP contribution in [0.25, 0.3) is 22.1 Å². The lowest BCUT2D eigenvalue weighted by atomic mass is 10.1. The number of ether oxygens (including phenoxy) is 1. The minimum Gasteiger partial charge on any atom is -0.507 e. The van der Waals surface area contributed by atoms with E-state index in [1.807, 2.05) is 24.3 Å². The fraction of sp³-hybridized carbons (Fsp3) is 0.211. The minimum absolute atomic E-state index is 0.138. The van der Waals surface area contributed by atoms with E-state index in [1.165, 1.54) is 12.3 Å². The van der Waals surface area contributed by atoms with Gasteiger partial charge in [-0.1, -0.05) is 44.0 Å². The highest BCUT2D eigenvalue weighted by atomic mass is 79.9. The zero-order valence-corrected chi connectivity index (χ0v) is 16.5. The van der Waals surface area contributed by atoms with E-state index in [1.54, 1.807) is 6.07 Å². The molecule has 0 atom stereocenters. The number of unbranched alkanes of at least 4 members (excludes halogenated alkanes) is 1. The van der Waals surface area contributed by atoms with E-state index < -0.39 is 0 Å². The smallest absolute Gasteiger partial charge is 0.204 e. The molecule has 6 heteroatoms. The number of hydrogen-bond acceptors (Lipinski definition) is 4. The first-order valence-corrected chi connectivity index (χ1v) is 9.75. The van der Waals surface area contributed by atoms with Crippen molar-refractivity contribution in [2.24, 2.45) is 0 Å². The highest BCUT2D eigenvalue weighted by Gasteiger charge is 2.14. The molecule has 3 rings (SSSR count). The molecule has 0 amide bonds. The van der Waals surface area contributed by atoms with Crippen molar-refractivity contribution >= 4 is 42.8 Å². The van der Waals surface area contributed by atoms with Crippen LogP contribution in [-0.4, -0.2) is 17.0 Å². The number of phenols is 1. The molecule has 0 bridgehead atoms. The molecule has 0 aliphatic heterocycles. The summed E-state index contributed by atoms with van der Waals surface area (Å²) in [5.74, 6) is 0.347. The molecule has 1 N–H and O–H groups in total. The molecule has 0 unspecified atom stereocenters. The molecular weight excluding hydrogens is 452 g/mol. The second-order valence-electron chi connectivity index (χ2n) is 5.55. The van der Waals surface area contributed by atoms with Crippen molar-refractivity contribution in [3.8, 4) is 22.6 Å². The Morgan fingerprint density at radius 3 is 2.60 bits per heavy atom. The predicted molar refractivity (Wildman–Crippen MR) is 106 cm³/mol. The summed E-state index contributed by atoms with van der Waals surface area (Å²) in [6, 6.07) is 10.4. The molecule has 0 aliphatic rings. The Bertz CT molecular complexity index is 933. The molecule has 0 saturated carbocycles. The summed E-state index contributed by atoms with van der Waals surface area (Å²) >= 11 is 6.74. The summed E-state index contributed by atoms with van der Waals surface area (Å²) in [6.07, 6.45) is 3.32. The Kier molecular flexibility index (Phi) is 5.81. The predicted octanol–water partition coefficient (Wildman–Crippen LogP) is 5.48. The molecule has 130 valence electrons. The fourth-order valence-electron chi connectivity index (χ4n) is 2.51. The molecule has 0 aliphatic carbocycles. The van der Waals surface area contributed by atoms with E-state index in [9.17, 15) is 9.90 Å². The van der Waals surface area contributed by atoms with Gasteiger partial charge in [-0.05, 0) is 30.5 Å². The number of fused-ring (bicyclic) bond motifs is 1. The molecule has 2 aromatic carbocycles. The van der Waals surface area contributed by atoms with Crippen LogP contribution in [0.1, 0.15) is 12.8 Å². The van der Waals surface area contributed by atoms with Gasteiger partial charge in [0.05, 0.1) is 12.2 Å². The van der Waals surface area contributed by atoms with Crippen LogP contribution in [-0.2, 0) is 0 Å². The lowest BCUT2D eigenvalue weighted by Crippen LogP contribution is -2.05. The van der Waals surface area contributed by atoms with E-state index in [2.05, 4.69) is 31.9 Å². The van der Waals surface area contributed by atoms with E-state index in [-0.39, 0.29) is 16.6 Å². The molecule has 1 heterocycles. The maximum absolute atomic E-state index is 12.8. The van der Waals surface area contributed by atoms with Crippen LogP contribution >= 0.6 is 31.9 Å². The van der Waals surface area contributed by atoms with Crippen LogP contribution in [0.3, 0.4) is 0 Å². The molecule has 4 nitrogen and oxygen atoms in total. The lowest BCUT2D eigenvalue weighted by Gasteiger charge is -2.09. The average Bonchev–Trinajstić information content (AvgIpc) is 2.60. The molecule has 0 saturated heterocycles. The molecule has 1 aromatic heterocycles. The van der Waals surface area contributed by atoms with Crippen molar-refractivity contribution in [2.45, 2.75) is 12.8 Å². The van der Waals surface area contributed by atoms with Gasteiger partial charge in [0.1, 0.15) is 28.7 Å². The van der Waals surface area contributed by atoms with Crippen LogP contribution in [0, 0.1) is 0 Å². The number of halogens is 2. The van der Waals surface area contributed by atoms with E-state index in [0.29, 0.717) is 23.5 Å². The molecule has 25 heavy (non-hydrogen) atoms. The van der Waals surface area contributed by atoms with Crippen molar-refractivity contribution < 1.29 is 14.3 Å². The number of aromatic hydroxyl groups is 1. The van der Waals surface area contributed by atoms with E-state index in [0.717, 1.165) is 28.2 Å². The summed E-state index contributed by atoms with van der Waals surface area (Å²) in [7, 11) is 0. The van der Waals surface area contributed by atoms with Gasteiger partial charge in [-0.25, -0.2) is 0 Å². The Morgan fingerprint density at radius 1 is 1.12 bits per heavy atom. The van der Waals surface area contributed by atoms with Crippen molar-refractivity contribution in [2.75, 3.05) is 11.9 Å². The summed E-state index contributed by atoms with van der Waals surface area (Å²) < 4.78 is 12.1. The Labute approximate surface area is 161 Å². The highest BCUT2D eigenvalue weighted by molar-refractivity contribution is 9.10. The minimum atomic E-state index is -0.271. The van der Waals surface area contributed by atoms with Gasteiger partial charge in [0.25, 0.3) is 0 Å². The molecule has 0 fully saturated rings. The summed E-state index contributed by atoms with van der Waals surface area (Å²) in [5.41, 5.74) is 1.17. The summed E-state index contributed by atoms with van der Waals surface area (Å²) in [6.45, 7) is 0.539. The Morgan fingerprint density at radius 2 is 1.88 bits per heavy atom. The van der Waals surface area contributed by atoms with Gasteiger partial charge in [-0.15, -0.1) is 0 Å². The van der Waals surface area contributed by atoms with Gasteiger partial charge in [-0.2, -0.15) is 0 Å². The standard InChI is InChI=1S/C19H16Br2O4/c20-7-1-2-8-24-14-9-16(22)18-17(10-14)25-11-15(19(18)23)12-3-5-13(21)6-4-12/h3-6,9-11,22H,1-2,7-8H2. The molecule has 0 radical (unpaired) electrons. The van der Waals surface area contributed by atoms with Crippen LogP contribution in [0.4, 0.5) is 0 Å². The Hall–Kier alpha value is -1.79. The van der Waals surface area contributed by atoms with Gasteiger partial charge < -0.3 is 14.3 Å². The first kappa shape index (κ1) is 18.0. The van der Waals surface area contributed by atoms with Crippen LogP contribution in [0.2, 0.25) is 0 Å². The topological polar surface area (TPSA) is 59.7 Å². The normalized spacial score (nSPS) is 11.0. The van der Waals surface area contributed by atoms with Crippen molar-refractivity contribution in [1.82, 2.24) is 0 Å². The van der Waals surface area contributed by atoms with Crippen LogP contribution < -0.4 is 10.2 Å². The number of rotatable bonds is 6. The van der Waals surface area contributed by atoms with E-state index >= 15 is 0 Å². The third-order valence-electron chi connectivity index (χ3n) is 3.78. The first-order valence-electron chi connectivity index (χ1n) is 7.83. The van der Waals surface area contributed by atoms with E-state index in [4.69, 9.17) is 9.15 Å².